The molecule has 1 aliphatic heterocycles. The molecule has 0 amide bonds. The molecule has 1 saturated heterocycles. The maximum Gasteiger partial charge on any atom is 0.334 e. The summed E-state index contributed by atoms with van der Waals surface area (Å²) in [7, 11) is 0. The van der Waals surface area contributed by atoms with E-state index in [1.165, 1.54) is 0 Å². The molecule has 176 valence electrons. The second-order valence-electron chi connectivity index (χ2n) is 9.29. The standard InChI is InChI=1S/C28H27N5O2/c1-18(2)24-16-30-26-23(24)12-20(14-29-26)21-13-25-27(31-15-21)33(22-6-4-3-5-7-22)28(34)32(25)17-19-8-10-35-11-9-19/h3-7,12-16,19H,1,8-11,17H2,2H3,(H,29,30). The van der Waals surface area contributed by atoms with Gasteiger partial charge in [-0.3, -0.25) is 4.57 Å². The number of H-pyrrole nitrogens is 1. The first kappa shape index (κ1) is 21.6. The molecule has 0 unspecified atom stereocenters. The zero-order valence-corrected chi connectivity index (χ0v) is 19.7. The molecule has 6 rings (SSSR count). The number of nitrogens with zero attached hydrogens (tertiary/aromatic N) is 4. The van der Waals surface area contributed by atoms with Gasteiger partial charge in [-0.2, -0.15) is 0 Å². The third-order valence-corrected chi connectivity index (χ3v) is 6.89. The number of benzene rings is 1. The van der Waals surface area contributed by atoms with Gasteiger partial charge in [-0.25, -0.2) is 19.3 Å². The average Bonchev–Trinajstić information content (AvgIpc) is 3.43. The van der Waals surface area contributed by atoms with Crippen LogP contribution < -0.4 is 5.69 Å². The van der Waals surface area contributed by atoms with E-state index in [-0.39, 0.29) is 5.69 Å². The van der Waals surface area contributed by atoms with Crippen LogP contribution in [0.1, 0.15) is 25.3 Å². The Morgan fingerprint density at radius 3 is 2.63 bits per heavy atom. The monoisotopic (exact) mass is 465 g/mol. The van der Waals surface area contributed by atoms with Crippen molar-refractivity contribution in [3.05, 3.63) is 83.7 Å². The lowest BCUT2D eigenvalue weighted by Gasteiger charge is -2.22. The van der Waals surface area contributed by atoms with Crippen molar-refractivity contribution in [2.24, 2.45) is 5.92 Å². The molecular formula is C28H27N5O2. The van der Waals surface area contributed by atoms with Crippen molar-refractivity contribution in [1.29, 1.82) is 0 Å². The van der Waals surface area contributed by atoms with Gasteiger partial charge in [0.05, 0.1) is 11.2 Å². The molecule has 5 aromatic rings. The minimum Gasteiger partial charge on any atom is -0.381 e. The van der Waals surface area contributed by atoms with Crippen LogP contribution in [-0.2, 0) is 11.3 Å². The summed E-state index contributed by atoms with van der Waals surface area (Å²) in [5, 5.41) is 1.02. The first-order chi connectivity index (χ1) is 17.1. The third kappa shape index (κ3) is 3.78. The molecular weight excluding hydrogens is 438 g/mol. The van der Waals surface area contributed by atoms with E-state index in [2.05, 4.69) is 28.7 Å². The quantitative estimate of drug-likeness (QED) is 0.387. The molecule has 1 aromatic carbocycles. The van der Waals surface area contributed by atoms with Crippen molar-refractivity contribution in [3.8, 4) is 16.8 Å². The molecule has 0 aliphatic carbocycles. The Bertz CT molecular complexity index is 1600. The van der Waals surface area contributed by atoms with Gasteiger partial charge in [-0.15, -0.1) is 0 Å². The summed E-state index contributed by atoms with van der Waals surface area (Å²) >= 11 is 0. The number of imidazole rings is 1. The molecule has 4 aromatic heterocycles. The molecule has 7 heteroatoms. The fourth-order valence-corrected chi connectivity index (χ4v) is 4.98. The van der Waals surface area contributed by atoms with Crippen molar-refractivity contribution in [3.63, 3.8) is 0 Å². The fraction of sp³-hybridized carbons (Fsp3) is 0.250. The third-order valence-electron chi connectivity index (χ3n) is 6.89. The summed E-state index contributed by atoms with van der Waals surface area (Å²) in [6.07, 6.45) is 7.52. The maximum absolute atomic E-state index is 13.7. The topological polar surface area (TPSA) is 77.7 Å². The van der Waals surface area contributed by atoms with E-state index in [1.807, 2.05) is 60.4 Å². The van der Waals surface area contributed by atoms with E-state index in [9.17, 15) is 4.79 Å². The summed E-state index contributed by atoms with van der Waals surface area (Å²) in [4.78, 5) is 26.3. The first-order valence-electron chi connectivity index (χ1n) is 12.0. The number of hydrogen-bond donors (Lipinski definition) is 1. The zero-order valence-electron chi connectivity index (χ0n) is 19.7. The van der Waals surface area contributed by atoms with Crippen LogP contribution in [0, 0.1) is 5.92 Å². The minimum atomic E-state index is -0.0638. The number of pyridine rings is 2. The highest BCUT2D eigenvalue weighted by Crippen LogP contribution is 2.29. The van der Waals surface area contributed by atoms with Crippen LogP contribution in [0.15, 0.2) is 72.4 Å². The van der Waals surface area contributed by atoms with Crippen molar-refractivity contribution in [1.82, 2.24) is 24.1 Å². The van der Waals surface area contributed by atoms with Crippen molar-refractivity contribution < 1.29 is 4.74 Å². The Morgan fingerprint density at radius 2 is 1.86 bits per heavy atom. The number of para-hydroxylation sites is 1. The SMILES string of the molecule is C=C(C)c1c[nH]c2ncc(-c3cnc4c(c3)n(CC3CCOCC3)c(=O)n4-c3ccccc3)cc12. The van der Waals surface area contributed by atoms with E-state index < -0.39 is 0 Å². The first-order valence-corrected chi connectivity index (χ1v) is 12.0. The van der Waals surface area contributed by atoms with Crippen LogP contribution in [0.4, 0.5) is 0 Å². The van der Waals surface area contributed by atoms with Gasteiger partial charge >= 0.3 is 5.69 Å². The largest absolute Gasteiger partial charge is 0.381 e. The van der Waals surface area contributed by atoms with E-state index in [0.29, 0.717) is 18.1 Å². The lowest BCUT2D eigenvalue weighted by molar-refractivity contribution is 0.0613. The molecule has 0 bridgehead atoms. The molecule has 0 atom stereocenters. The summed E-state index contributed by atoms with van der Waals surface area (Å²) in [5.74, 6) is 0.399. The van der Waals surface area contributed by atoms with Crippen LogP contribution in [0.25, 0.3) is 44.6 Å². The van der Waals surface area contributed by atoms with Crippen molar-refractivity contribution in [2.75, 3.05) is 13.2 Å². The molecule has 0 radical (unpaired) electrons. The summed E-state index contributed by atoms with van der Waals surface area (Å²) < 4.78 is 9.14. The number of ether oxygens (including phenoxy) is 1. The molecule has 0 spiro atoms. The van der Waals surface area contributed by atoms with Crippen LogP contribution in [0.3, 0.4) is 0 Å². The Morgan fingerprint density at radius 1 is 1.11 bits per heavy atom. The summed E-state index contributed by atoms with van der Waals surface area (Å²) in [5.41, 5.74) is 6.98. The van der Waals surface area contributed by atoms with Crippen LogP contribution in [-0.4, -0.2) is 37.3 Å². The number of hydrogen-bond acceptors (Lipinski definition) is 4. The zero-order chi connectivity index (χ0) is 23.9. The fourth-order valence-electron chi connectivity index (χ4n) is 4.98. The van der Waals surface area contributed by atoms with Crippen LogP contribution in [0.5, 0.6) is 0 Å². The smallest absolute Gasteiger partial charge is 0.334 e. The van der Waals surface area contributed by atoms with Gasteiger partial charge in [0.25, 0.3) is 0 Å². The molecule has 35 heavy (non-hydrogen) atoms. The van der Waals surface area contributed by atoms with Gasteiger partial charge < -0.3 is 9.72 Å². The average molecular weight is 466 g/mol. The van der Waals surface area contributed by atoms with Gasteiger partial charge in [0, 0.05) is 60.4 Å². The number of aromatic amines is 1. The lowest BCUT2D eigenvalue weighted by atomic mass is 10.0. The molecule has 1 fully saturated rings. The van der Waals surface area contributed by atoms with Gasteiger partial charge in [0.2, 0.25) is 0 Å². The molecule has 0 saturated carbocycles. The second-order valence-corrected chi connectivity index (χ2v) is 9.29. The van der Waals surface area contributed by atoms with Crippen molar-refractivity contribution in [2.45, 2.75) is 26.3 Å². The highest BCUT2D eigenvalue weighted by atomic mass is 16.5. The number of aromatic nitrogens is 5. The van der Waals surface area contributed by atoms with Gasteiger partial charge in [-0.05, 0) is 55.5 Å². The normalized spacial score (nSPS) is 14.7. The van der Waals surface area contributed by atoms with Gasteiger partial charge in [0.1, 0.15) is 5.65 Å². The number of allylic oxidation sites excluding steroid dienone is 1. The molecule has 1 N–H and O–H groups in total. The molecule has 7 nitrogen and oxygen atoms in total. The lowest BCUT2D eigenvalue weighted by Crippen LogP contribution is -2.28. The number of fused-ring (bicyclic) bond motifs is 2. The predicted octanol–water partition coefficient (Wildman–Crippen LogP) is 5.19. The van der Waals surface area contributed by atoms with Crippen LogP contribution in [0.2, 0.25) is 0 Å². The number of nitrogens with one attached hydrogen (secondary N) is 1. The van der Waals surface area contributed by atoms with E-state index >= 15 is 0 Å². The van der Waals surface area contributed by atoms with E-state index in [4.69, 9.17) is 9.72 Å². The highest BCUT2D eigenvalue weighted by molar-refractivity contribution is 5.92. The molecule has 5 heterocycles. The van der Waals surface area contributed by atoms with Crippen molar-refractivity contribution >= 4 is 27.8 Å². The summed E-state index contributed by atoms with van der Waals surface area (Å²) in [6, 6.07) is 13.9. The van der Waals surface area contributed by atoms with Crippen LogP contribution >= 0.6 is 0 Å². The Hall–Kier alpha value is -3.97. The molecule has 1 aliphatic rings. The Kier molecular flexibility index (Phi) is 5.34. The summed E-state index contributed by atoms with van der Waals surface area (Å²) in [6.45, 7) is 8.22. The van der Waals surface area contributed by atoms with E-state index in [1.54, 1.807) is 4.57 Å². The van der Waals surface area contributed by atoms with Gasteiger partial charge in [-0.1, -0.05) is 24.8 Å². The number of rotatable bonds is 5. The van der Waals surface area contributed by atoms with E-state index in [0.717, 1.165) is 70.6 Å². The second kappa shape index (κ2) is 8.67. The van der Waals surface area contributed by atoms with Gasteiger partial charge in [0.15, 0.2) is 5.65 Å². The minimum absolute atomic E-state index is 0.0638. The Balaban J connectivity index is 1.52. The predicted molar refractivity (Wildman–Crippen MR) is 139 cm³/mol. The maximum atomic E-state index is 13.7. The Labute approximate surface area is 202 Å². The highest BCUT2D eigenvalue weighted by Gasteiger charge is 2.21.